The molecule has 0 aliphatic heterocycles. The zero-order chi connectivity index (χ0) is 14.8. The Kier molecular flexibility index (Phi) is 3.82. The number of aromatic nitrogens is 2. The zero-order valence-electron chi connectivity index (χ0n) is 11.7. The van der Waals surface area contributed by atoms with Crippen LogP contribution in [0.15, 0.2) is 42.6 Å². The van der Waals surface area contributed by atoms with E-state index in [2.05, 4.69) is 0 Å². The number of halogens is 1. The Hall–Kier alpha value is -2.04. The number of hydrogen-bond acceptors (Lipinski definition) is 3. The molecule has 5 heteroatoms. The smallest absolute Gasteiger partial charge is 0.156 e. The van der Waals surface area contributed by atoms with Gasteiger partial charge in [0.25, 0.3) is 0 Å². The summed E-state index contributed by atoms with van der Waals surface area (Å²) >= 11 is 6.25. The van der Waals surface area contributed by atoms with E-state index in [1.165, 1.54) is 0 Å². The van der Waals surface area contributed by atoms with Crippen molar-refractivity contribution in [1.29, 1.82) is 0 Å². The van der Waals surface area contributed by atoms with Crippen molar-refractivity contribution in [2.75, 3.05) is 13.7 Å². The lowest BCUT2D eigenvalue weighted by Gasteiger charge is -2.05. The number of rotatable bonds is 4. The molecule has 2 aromatic heterocycles. The van der Waals surface area contributed by atoms with E-state index in [1.54, 1.807) is 7.11 Å². The monoisotopic (exact) mass is 301 g/mol. The molecule has 0 spiro atoms. The summed E-state index contributed by atoms with van der Waals surface area (Å²) in [5.74, 6) is 0.800. The summed E-state index contributed by atoms with van der Waals surface area (Å²) in [6, 6.07) is 11.6. The molecular weight excluding hydrogens is 286 g/mol. The molecule has 1 aromatic carbocycles. The van der Waals surface area contributed by atoms with Gasteiger partial charge in [-0.05, 0) is 30.8 Å². The first-order valence-corrected chi connectivity index (χ1v) is 7.12. The maximum Gasteiger partial charge on any atom is 0.156 e. The fourth-order valence-corrected chi connectivity index (χ4v) is 2.67. The summed E-state index contributed by atoms with van der Waals surface area (Å²) in [5, 5.41) is 0.630. The second-order valence-electron chi connectivity index (χ2n) is 4.73. The number of nitrogens with zero attached hydrogens (tertiary/aromatic N) is 2. The molecule has 3 aromatic rings. The first-order chi connectivity index (χ1) is 10.2. The summed E-state index contributed by atoms with van der Waals surface area (Å²) in [4.78, 5) is 4.70. The highest BCUT2D eigenvalue weighted by Gasteiger charge is 2.15. The Morgan fingerprint density at radius 2 is 2.14 bits per heavy atom. The van der Waals surface area contributed by atoms with Crippen molar-refractivity contribution >= 4 is 17.2 Å². The molecule has 0 aliphatic carbocycles. The molecule has 0 saturated carbocycles. The number of imidazole rings is 1. The molecule has 0 atom stereocenters. The van der Waals surface area contributed by atoms with E-state index in [0.717, 1.165) is 34.8 Å². The van der Waals surface area contributed by atoms with Gasteiger partial charge in [-0.1, -0.05) is 23.7 Å². The second kappa shape index (κ2) is 5.76. The Balaban J connectivity index is 2.25. The summed E-state index contributed by atoms with van der Waals surface area (Å²) in [6.45, 7) is 0.553. The summed E-state index contributed by atoms with van der Waals surface area (Å²) in [7, 11) is 1.65. The Labute approximate surface area is 128 Å². The molecular formula is C16H16ClN3O. The van der Waals surface area contributed by atoms with Crippen molar-refractivity contribution in [3.8, 4) is 17.0 Å². The number of fused-ring (bicyclic) bond motifs is 1. The fourth-order valence-electron chi connectivity index (χ4n) is 2.46. The van der Waals surface area contributed by atoms with Crippen LogP contribution in [0.2, 0.25) is 5.02 Å². The number of nitrogens with two attached hydrogens (primary N) is 1. The lowest BCUT2D eigenvalue weighted by Crippen LogP contribution is -2.06. The van der Waals surface area contributed by atoms with Crippen LogP contribution in [-0.4, -0.2) is 23.0 Å². The third-order valence-electron chi connectivity index (χ3n) is 3.43. The topological polar surface area (TPSA) is 52.5 Å². The molecule has 0 saturated heterocycles. The van der Waals surface area contributed by atoms with E-state index >= 15 is 0 Å². The van der Waals surface area contributed by atoms with Gasteiger partial charge in [-0.25, -0.2) is 4.98 Å². The van der Waals surface area contributed by atoms with E-state index in [9.17, 15) is 0 Å². The van der Waals surface area contributed by atoms with Crippen molar-refractivity contribution in [2.24, 2.45) is 5.73 Å². The van der Waals surface area contributed by atoms with Gasteiger partial charge in [0.05, 0.1) is 23.5 Å². The molecule has 0 bridgehead atoms. The molecule has 21 heavy (non-hydrogen) atoms. The van der Waals surface area contributed by atoms with Crippen LogP contribution in [0.3, 0.4) is 0 Å². The van der Waals surface area contributed by atoms with Crippen LogP contribution < -0.4 is 10.5 Å². The number of ether oxygens (including phenoxy) is 1. The second-order valence-corrected chi connectivity index (χ2v) is 5.13. The maximum atomic E-state index is 6.25. The Morgan fingerprint density at radius 1 is 1.29 bits per heavy atom. The average Bonchev–Trinajstić information content (AvgIpc) is 2.88. The first-order valence-electron chi connectivity index (χ1n) is 6.74. The van der Waals surface area contributed by atoms with Gasteiger partial charge >= 0.3 is 0 Å². The van der Waals surface area contributed by atoms with Crippen LogP contribution in [-0.2, 0) is 6.42 Å². The van der Waals surface area contributed by atoms with E-state index in [4.69, 9.17) is 27.1 Å². The van der Waals surface area contributed by atoms with Crippen molar-refractivity contribution in [2.45, 2.75) is 6.42 Å². The lowest BCUT2D eigenvalue weighted by atomic mass is 10.1. The van der Waals surface area contributed by atoms with Gasteiger partial charge in [-0.15, -0.1) is 0 Å². The molecule has 0 amide bonds. The molecule has 4 nitrogen and oxygen atoms in total. The van der Waals surface area contributed by atoms with Gasteiger partial charge in [0.2, 0.25) is 0 Å². The van der Waals surface area contributed by atoms with E-state index < -0.39 is 0 Å². The minimum Gasteiger partial charge on any atom is -0.497 e. The normalized spacial score (nSPS) is 11.0. The van der Waals surface area contributed by atoms with E-state index in [-0.39, 0.29) is 0 Å². The van der Waals surface area contributed by atoms with Gasteiger partial charge < -0.3 is 14.9 Å². The predicted octanol–water partition coefficient (Wildman–Crippen LogP) is 3.16. The number of pyridine rings is 1. The minimum absolute atomic E-state index is 0.553. The van der Waals surface area contributed by atoms with Crippen molar-refractivity contribution in [1.82, 2.24) is 9.38 Å². The van der Waals surface area contributed by atoms with E-state index in [1.807, 2.05) is 47.0 Å². The van der Waals surface area contributed by atoms with Gasteiger partial charge in [0.1, 0.15) is 5.75 Å². The fraction of sp³-hybridized carbons (Fsp3) is 0.188. The van der Waals surface area contributed by atoms with Crippen molar-refractivity contribution in [3.05, 3.63) is 53.3 Å². The molecule has 0 fully saturated rings. The van der Waals surface area contributed by atoms with Gasteiger partial charge in [-0.2, -0.15) is 0 Å². The highest BCUT2D eigenvalue weighted by molar-refractivity contribution is 6.33. The van der Waals surface area contributed by atoms with Crippen LogP contribution in [0, 0.1) is 0 Å². The van der Waals surface area contributed by atoms with Crippen LogP contribution in [0.25, 0.3) is 16.9 Å². The third-order valence-corrected chi connectivity index (χ3v) is 3.72. The average molecular weight is 302 g/mol. The first kappa shape index (κ1) is 13.9. The van der Waals surface area contributed by atoms with Crippen molar-refractivity contribution < 1.29 is 4.74 Å². The molecule has 0 radical (unpaired) electrons. The standard InChI is InChI=1S/C16H16ClN3O/c1-21-12-5-2-4-11(10-12)15-14(7-8-18)20-9-3-6-13(17)16(20)19-15/h2-6,9-10H,7-8,18H2,1H3. The Bertz CT molecular complexity index is 782. The highest BCUT2D eigenvalue weighted by Crippen LogP contribution is 2.29. The number of benzene rings is 1. The summed E-state index contributed by atoms with van der Waals surface area (Å²) in [5.41, 5.74) is 9.46. The van der Waals surface area contributed by atoms with Crippen LogP contribution >= 0.6 is 11.6 Å². The molecule has 2 heterocycles. The summed E-state index contributed by atoms with van der Waals surface area (Å²) in [6.07, 6.45) is 2.69. The molecule has 2 N–H and O–H groups in total. The van der Waals surface area contributed by atoms with Crippen LogP contribution in [0.1, 0.15) is 5.69 Å². The molecule has 0 aliphatic rings. The van der Waals surface area contributed by atoms with Gasteiger partial charge in [0.15, 0.2) is 5.65 Å². The third kappa shape index (κ3) is 2.48. The van der Waals surface area contributed by atoms with E-state index in [0.29, 0.717) is 11.6 Å². The molecule has 0 unspecified atom stereocenters. The van der Waals surface area contributed by atoms with Crippen LogP contribution in [0.5, 0.6) is 5.75 Å². The minimum atomic E-state index is 0.553. The predicted molar refractivity (Wildman–Crippen MR) is 84.9 cm³/mol. The lowest BCUT2D eigenvalue weighted by molar-refractivity contribution is 0.415. The van der Waals surface area contributed by atoms with Gasteiger partial charge in [-0.3, -0.25) is 0 Å². The maximum absolute atomic E-state index is 6.25. The number of methoxy groups -OCH3 is 1. The number of hydrogen-bond donors (Lipinski definition) is 1. The van der Waals surface area contributed by atoms with Crippen molar-refractivity contribution in [3.63, 3.8) is 0 Å². The quantitative estimate of drug-likeness (QED) is 0.805. The highest BCUT2D eigenvalue weighted by atomic mass is 35.5. The van der Waals surface area contributed by atoms with Crippen LogP contribution in [0.4, 0.5) is 0 Å². The Morgan fingerprint density at radius 3 is 2.90 bits per heavy atom. The molecule has 108 valence electrons. The molecule has 3 rings (SSSR count). The van der Waals surface area contributed by atoms with Gasteiger partial charge in [0, 0.05) is 18.2 Å². The zero-order valence-corrected chi connectivity index (χ0v) is 12.5. The SMILES string of the molecule is COc1cccc(-c2nc3c(Cl)cccn3c2CCN)c1. The summed E-state index contributed by atoms with van der Waals surface area (Å²) < 4.78 is 7.29. The largest absolute Gasteiger partial charge is 0.497 e.